The van der Waals surface area contributed by atoms with E-state index in [9.17, 15) is 0 Å². The van der Waals surface area contributed by atoms with Gasteiger partial charge in [0, 0.05) is 6.54 Å². The molecule has 0 aliphatic rings. The lowest BCUT2D eigenvalue weighted by atomic mass is 10.2. The van der Waals surface area contributed by atoms with Crippen LogP contribution in [0.15, 0.2) is 30.3 Å². The number of hydrogen-bond donors (Lipinski definition) is 1. The van der Waals surface area contributed by atoms with Gasteiger partial charge in [-0.3, -0.25) is 0 Å². The fraction of sp³-hybridized carbons (Fsp3) is 0.200. The normalized spacial score (nSPS) is 9.25. The van der Waals surface area contributed by atoms with Gasteiger partial charge in [0.15, 0.2) is 0 Å². The van der Waals surface area contributed by atoms with Gasteiger partial charge in [-0.1, -0.05) is 42.1 Å². The van der Waals surface area contributed by atoms with Crippen molar-refractivity contribution in [2.45, 2.75) is 6.54 Å². The molecule has 0 atom stereocenters. The molecule has 0 radical (unpaired) electrons. The number of benzene rings is 1. The maximum Gasteiger partial charge on any atom is 0.0545 e. The Morgan fingerprint density at radius 3 is 2.75 bits per heavy atom. The summed E-state index contributed by atoms with van der Waals surface area (Å²) in [6, 6.07) is 10.3. The highest BCUT2D eigenvalue weighted by molar-refractivity contribution is 8.03. The first kappa shape index (κ1) is 9.18. The van der Waals surface area contributed by atoms with Gasteiger partial charge in [0.05, 0.1) is 5.88 Å². The Bertz CT molecular complexity index is 250. The zero-order valence-corrected chi connectivity index (χ0v) is 7.60. The van der Waals surface area contributed by atoms with Crippen molar-refractivity contribution < 1.29 is 0 Å². The van der Waals surface area contributed by atoms with Gasteiger partial charge in [-0.15, -0.1) is 6.42 Å². The van der Waals surface area contributed by atoms with Crippen LogP contribution in [0, 0.1) is 11.7 Å². The van der Waals surface area contributed by atoms with Crippen LogP contribution in [0.4, 0.5) is 0 Å². The third kappa shape index (κ3) is 3.47. The first-order valence-electron chi connectivity index (χ1n) is 3.75. The van der Waals surface area contributed by atoms with E-state index in [0.717, 1.165) is 12.4 Å². The molecule has 1 nitrogen and oxygen atoms in total. The Morgan fingerprint density at radius 2 is 2.08 bits per heavy atom. The second kappa shape index (κ2) is 5.70. The summed E-state index contributed by atoms with van der Waals surface area (Å²) in [5.74, 6) is 0.811. The minimum Gasteiger partial charge on any atom is -0.303 e. The van der Waals surface area contributed by atoms with E-state index in [1.807, 2.05) is 18.2 Å². The fourth-order valence-corrected chi connectivity index (χ4v) is 1.17. The minimum absolute atomic E-state index is 0.811. The molecule has 0 aliphatic carbocycles. The summed E-state index contributed by atoms with van der Waals surface area (Å²) in [7, 11) is 0. The number of thioether (sulfide) groups is 1. The third-order valence-electron chi connectivity index (χ3n) is 1.43. The Kier molecular flexibility index (Phi) is 4.36. The van der Waals surface area contributed by atoms with Crippen LogP contribution in [0.3, 0.4) is 0 Å². The smallest absolute Gasteiger partial charge is 0.0545 e. The summed E-state index contributed by atoms with van der Waals surface area (Å²) in [5, 5.41) is 5.73. The number of nitrogens with one attached hydrogen (secondary N) is 1. The molecule has 0 amide bonds. The van der Waals surface area contributed by atoms with Crippen LogP contribution in [0.1, 0.15) is 5.56 Å². The van der Waals surface area contributed by atoms with Gasteiger partial charge >= 0.3 is 0 Å². The largest absolute Gasteiger partial charge is 0.303 e. The standard InChI is InChI=1S/C10H11NS/c1-2-12-9-11-8-10-6-4-3-5-7-10/h1,3-7,11H,8-9H2. The van der Waals surface area contributed by atoms with Crippen molar-refractivity contribution in [2.75, 3.05) is 5.88 Å². The quantitative estimate of drug-likeness (QED) is 0.429. The molecular weight excluding hydrogens is 166 g/mol. The molecule has 0 heterocycles. The Balaban J connectivity index is 2.21. The summed E-state index contributed by atoms with van der Waals surface area (Å²) in [6.07, 6.45) is 5.08. The molecule has 12 heavy (non-hydrogen) atoms. The van der Waals surface area contributed by atoms with Crippen molar-refractivity contribution in [3.63, 3.8) is 0 Å². The van der Waals surface area contributed by atoms with E-state index in [4.69, 9.17) is 6.42 Å². The zero-order valence-electron chi connectivity index (χ0n) is 6.79. The van der Waals surface area contributed by atoms with E-state index in [-0.39, 0.29) is 0 Å². The first-order valence-corrected chi connectivity index (χ1v) is 4.74. The molecule has 62 valence electrons. The SMILES string of the molecule is C#CSCNCc1ccccc1. The van der Waals surface area contributed by atoms with Gasteiger partial charge in [-0.25, -0.2) is 0 Å². The Hall–Kier alpha value is -0.910. The van der Waals surface area contributed by atoms with Crippen molar-refractivity contribution >= 4 is 11.8 Å². The average molecular weight is 177 g/mol. The molecule has 0 fully saturated rings. The van der Waals surface area contributed by atoms with E-state index in [1.54, 1.807) is 0 Å². The molecule has 0 bridgehead atoms. The van der Waals surface area contributed by atoms with Gasteiger partial charge in [0.2, 0.25) is 0 Å². The minimum atomic E-state index is 0.811. The lowest BCUT2D eigenvalue weighted by Crippen LogP contribution is -2.11. The van der Waals surface area contributed by atoms with E-state index < -0.39 is 0 Å². The maximum absolute atomic E-state index is 5.08. The van der Waals surface area contributed by atoms with Crippen molar-refractivity contribution in [1.29, 1.82) is 0 Å². The van der Waals surface area contributed by atoms with Gasteiger partial charge < -0.3 is 5.32 Å². The van der Waals surface area contributed by atoms with E-state index in [2.05, 4.69) is 22.7 Å². The first-order chi connectivity index (χ1) is 5.93. The lowest BCUT2D eigenvalue weighted by molar-refractivity contribution is 0.798. The summed E-state index contributed by atoms with van der Waals surface area (Å²) in [6.45, 7) is 0.884. The molecule has 0 saturated carbocycles. The summed E-state index contributed by atoms with van der Waals surface area (Å²) in [4.78, 5) is 0. The van der Waals surface area contributed by atoms with Gasteiger partial charge in [-0.05, 0) is 10.8 Å². The molecule has 0 spiro atoms. The number of rotatable bonds is 4. The molecule has 0 saturated heterocycles. The zero-order chi connectivity index (χ0) is 8.65. The van der Waals surface area contributed by atoms with Crippen LogP contribution < -0.4 is 5.32 Å². The summed E-state index contributed by atoms with van der Waals surface area (Å²) >= 11 is 1.44. The van der Waals surface area contributed by atoms with Gasteiger partial charge in [-0.2, -0.15) is 0 Å². The molecule has 2 heteroatoms. The highest BCUT2D eigenvalue weighted by Gasteiger charge is 1.88. The van der Waals surface area contributed by atoms with Crippen LogP contribution in [0.5, 0.6) is 0 Å². The molecule has 1 rings (SSSR count). The summed E-state index contributed by atoms with van der Waals surface area (Å²) in [5.41, 5.74) is 1.29. The molecule has 0 unspecified atom stereocenters. The second-order valence-electron chi connectivity index (χ2n) is 2.32. The van der Waals surface area contributed by atoms with Crippen LogP contribution in [-0.2, 0) is 6.54 Å². The Morgan fingerprint density at radius 1 is 1.33 bits per heavy atom. The summed E-state index contributed by atoms with van der Waals surface area (Å²) < 4.78 is 0. The van der Waals surface area contributed by atoms with Crippen molar-refractivity contribution in [3.05, 3.63) is 35.9 Å². The third-order valence-corrected chi connectivity index (χ3v) is 1.94. The van der Waals surface area contributed by atoms with Gasteiger partial charge in [0.25, 0.3) is 0 Å². The highest BCUT2D eigenvalue weighted by atomic mass is 32.2. The second-order valence-corrected chi connectivity index (χ2v) is 3.13. The molecule has 0 aliphatic heterocycles. The Labute approximate surface area is 77.6 Å². The molecule has 0 aromatic heterocycles. The van der Waals surface area contributed by atoms with E-state index >= 15 is 0 Å². The van der Waals surface area contributed by atoms with Crippen LogP contribution in [-0.4, -0.2) is 5.88 Å². The van der Waals surface area contributed by atoms with Crippen LogP contribution in [0.25, 0.3) is 0 Å². The fourth-order valence-electron chi connectivity index (χ4n) is 0.884. The van der Waals surface area contributed by atoms with E-state index in [0.29, 0.717) is 0 Å². The average Bonchev–Trinajstić information content (AvgIpc) is 2.14. The van der Waals surface area contributed by atoms with Crippen LogP contribution in [0.2, 0.25) is 0 Å². The predicted octanol–water partition coefficient (Wildman–Crippen LogP) is 2.06. The highest BCUT2D eigenvalue weighted by Crippen LogP contribution is 1.98. The lowest BCUT2D eigenvalue weighted by Gasteiger charge is -2.00. The molecular formula is C10H11NS. The molecule has 1 N–H and O–H groups in total. The van der Waals surface area contributed by atoms with E-state index in [1.165, 1.54) is 17.3 Å². The molecule has 1 aromatic carbocycles. The number of terminal acetylenes is 1. The predicted molar refractivity (Wildman–Crippen MR) is 54.6 cm³/mol. The van der Waals surface area contributed by atoms with Crippen molar-refractivity contribution in [1.82, 2.24) is 5.32 Å². The monoisotopic (exact) mass is 177 g/mol. The van der Waals surface area contributed by atoms with Gasteiger partial charge in [0.1, 0.15) is 0 Å². The topological polar surface area (TPSA) is 12.0 Å². The van der Waals surface area contributed by atoms with Crippen molar-refractivity contribution in [3.8, 4) is 11.7 Å². The van der Waals surface area contributed by atoms with Crippen LogP contribution >= 0.6 is 11.8 Å². The number of hydrogen-bond acceptors (Lipinski definition) is 2. The van der Waals surface area contributed by atoms with Crippen molar-refractivity contribution in [2.24, 2.45) is 0 Å². The maximum atomic E-state index is 5.08. The molecule has 1 aromatic rings.